The van der Waals surface area contributed by atoms with Crippen molar-refractivity contribution >= 4 is 11.8 Å². The van der Waals surface area contributed by atoms with E-state index in [-0.39, 0.29) is 30.2 Å². The van der Waals surface area contributed by atoms with E-state index in [1.807, 2.05) is 6.92 Å². The molecule has 3 N–H and O–H groups in total. The van der Waals surface area contributed by atoms with Gasteiger partial charge in [0.25, 0.3) is 5.91 Å². The molecular formula is C15H22N4O3. The molecule has 2 unspecified atom stereocenters. The van der Waals surface area contributed by atoms with E-state index < -0.39 is 0 Å². The van der Waals surface area contributed by atoms with Crippen LogP contribution in [-0.2, 0) is 4.79 Å². The van der Waals surface area contributed by atoms with Crippen molar-refractivity contribution in [2.75, 3.05) is 13.1 Å². The maximum atomic E-state index is 12.0. The fourth-order valence-corrected chi connectivity index (χ4v) is 3.02. The monoisotopic (exact) mass is 306 g/mol. The molecule has 0 bridgehead atoms. The van der Waals surface area contributed by atoms with Gasteiger partial charge in [-0.2, -0.15) is 0 Å². The van der Waals surface area contributed by atoms with Crippen molar-refractivity contribution in [3.63, 3.8) is 0 Å². The Balaban J connectivity index is 1.48. The molecule has 2 fully saturated rings. The standard InChI is InChI=1S/C15H22N4O3/c1-10-8-13(20)18-15(16-10)19-5-2-12(3-6-19)17-14(21)11-4-7-22-9-11/h4,7,9-10,12,15-16H,2-3,5-6,8H2,1H3,(H,17,21)(H,18,20). The van der Waals surface area contributed by atoms with Gasteiger partial charge >= 0.3 is 0 Å². The van der Waals surface area contributed by atoms with Crippen molar-refractivity contribution in [3.8, 4) is 0 Å². The number of nitrogens with one attached hydrogen (secondary N) is 3. The van der Waals surface area contributed by atoms with E-state index in [0.717, 1.165) is 25.9 Å². The average molecular weight is 306 g/mol. The van der Waals surface area contributed by atoms with Crippen molar-refractivity contribution in [3.05, 3.63) is 24.2 Å². The predicted octanol–water partition coefficient (Wildman–Crippen LogP) is 0.255. The maximum absolute atomic E-state index is 12.0. The Bertz CT molecular complexity index is 523. The summed E-state index contributed by atoms with van der Waals surface area (Å²) in [6, 6.07) is 2.01. The zero-order valence-corrected chi connectivity index (χ0v) is 12.7. The highest BCUT2D eigenvalue weighted by atomic mass is 16.3. The van der Waals surface area contributed by atoms with Gasteiger partial charge < -0.3 is 15.1 Å². The molecule has 1 aromatic rings. The minimum Gasteiger partial charge on any atom is -0.472 e. The van der Waals surface area contributed by atoms with E-state index in [1.165, 1.54) is 12.5 Å². The second-order valence-electron chi connectivity index (χ2n) is 6.04. The van der Waals surface area contributed by atoms with Crippen molar-refractivity contribution in [2.24, 2.45) is 0 Å². The van der Waals surface area contributed by atoms with Gasteiger partial charge in [-0.3, -0.25) is 19.8 Å². The number of likely N-dealkylation sites (tertiary alicyclic amines) is 1. The largest absolute Gasteiger partial charge is 0.472 e. The lowest BCUT2D eigenvalue weighted by Crippen LogP contribution is -2.65. The zero-order valence-electron chi connectivity index (χ0n) is 12.7. The molecule has 2 aliphatic rings. The maximum Gasteiger partial charge on any atom is 0.254 e. The van der Waals surface area contributed by atoms with Gasteiger partial charge in [-0.05, 0) is 25.8 Å². The Hall–Kier alpha value is -1.86. The number of nitrogens with zero attached hydrogens (tertiary/aromatic N) is 1. The number of furan rings is 1. The third-order valence-corrected chi connectivity index (χ3v) is 4.24. The van der Waals surface area contributed by atoms with Crippen LogP contribution in [0.25, 0.3) is 0 Å². The molecule has 2 atom stereocenters. The zero-order chi connectivity index (χ0) is 15.5. The number of amides is 2. The lowest BCUT2D eigenvalue weighted by atomic mass is 10.0. The van der Waals surface area contributed by atoms with Crippen LogP contribution < -0.4 is 16.0 Å². The van der Waals surface area contributed by atoms with Crippen molar-refractivity contribution in [1.29, 1.82) is 0 Å². The third-order valence-electron chi connectivity index (χ3n) is 4.24. The lowest BCUT2D eigenvalue weighted by Gasteiger charge is -2.41. The lowest BCUT2D eigenvalue weighted by molar-refractivity contribution is -0.127. The fourth-order valence-electron chi connectivity index (χ4n) is 3.02. The molecule has 0 aromatic carbocycles. The molecule has 0 radical (unpaired) electrons. The van der Waals surface area contributed by atoms with Gasteiger partial charge in [-0.25, -0.2) is 0 Å². The second kappa shape index (κ2) is 6.50. The number of hydrogen-bond acceptors (Lipinski definition) is 5. The molecular weight excluding hydrogens is 284 g/mol. The van der Waals surface area contributed by atoms with E-state index in [2.05, 4.69) is 20.9 Å². The first-order valence-corrected chi connectivity index (χ1v) is 7.74. The van der Waals surface area contributed by atoms with Crippen molar-refractivity contribution in [2.45, 2.75) is 44.6 Å². The van der Waals surface area contributed by atoms with Crippen molar-refractivity contribution < 1.29 is 14.0 Å². The highest BCUT2D eigenvalue weighted by Gasteiger charge is 2.30. The molecule has 0 aliphatic carbocycles. The van der Waals surface area contributed by atoms with E-state index in [1.54, 1.807) is 6.07 Å². The highest BCUT2D eigenvalue weighted by molar-refractivity contribution is 5.93. The molecule has 2 aliphatic heterocycles. The van der Waals surface area contributed by atoms with Crippen LogP contribution in [0.15, 0.2) is 23.0 Å². The first-order valence-electron chi connectivity index (χ1n) is 7.74. The summed E-state index contributed by atoms with van der Waals surface area (Å²) in [4.78, 5) is 25.8. The minimum atomic E-state index is -0.0956. The van der Waals surface area contributed by atoms with Gasteiger partial charge in [-0.15, -0.1) is 0 Å². The summed E-state index contributed by atoms with van der Waals surface area (Å²) in [5, 5.41) is 9.39. The summed E-state index contributed by atoms with van der Waals surface area (Å²) in [5.41, 5.74) is 0.553. The molecule has 3 heterocycles. The first-order chi connectivity index (χ1) is 10.6. The van der Waals surface area contributed by atoms with Crippen LogP contribution in [0.2, 0.25) is 0 Å². The Morgan fingerprint density at radius 3 is 2.82 bits per heavy atom. The minimum absolute atomic E-state index is 0.0895. The summed E-state index contributed by atoms with van der Waals surface area (Å²) >= 11 is 0. The van der Waals surface area contributed by atoms with E-state index >= 15 is 0 Å². The SMILES string of the molecule is CC1CC(=O)NC(N2CCC(NC(=O)c3ccoc3)CC2)N1. The summed E-state index contributed by atoms with van der Waals surface area (Å²) in [6.45, 7) is 3.69. The van der Waals surface area contributed by atoms with E-state index in [4.69, 9.17) is 4.42 Å². The summed E-state index contributed by atoms with van der Waals surface area (Å²) < 4.78 is 4.92. The Morgan fingerprint density at radius 1 is 1.41 bits per heavy atom. The number of rotatable bonds is 3. The highest BCUT2D eigenvalue weighted by Crippen LogP contribution is 2.14. The van der Waals surface area contributed by atoms with E-state index in [9.17, 15) is 9.59 Å². The van der Waals surface area contributed by atoms with Crippen LogP contribution in [0, 0.1) is 0 Å². The smallest absolute Gasteiger partial charge is 0.254 e. The van der Waals surface area contributed by atoms with Crippen LogP contribution >= 0.6 is 0 Å². The van der Waals surface area contributed by atoms with Gasteiger partial charge in [0.2, 0.25) is 5.91 Å². The van der Waals surface area contributed by atoms with E-state index in [0.29, 0.717) is 12.0 Å². The van der Waals surface area contributed by atoms with Gasteiger partial charge in [-0.1, -0.05) is 0 Å². The first kappa shape index (κ1) is 15.1. The molecule has 22 heavy (non-hydrogen) atoms. The quantitative estimate of drug-likeness (QED) is 0.745. The Labute approximate surface area is 129 Å². The van der Waals surface area contributed by atoms with Gasteiger partial charge in [0, 0.05) is 31.6 Å². The number of hydrogen-bond donors (Lipinski definition) is 3. The number of piperidine rings is 1. The third kappa shape index (κ3) is 3.48. The normalized spacial score (nSPS) is 27.4. The fraction of sp³-hybridized carbons (Fsp3) is 0.600. The van der Waals surface area contributed by atoms with Gasteiger partial charge in [0.1, 0.15) is 12.6 Å². The Morgan fingerprint density at radius 2 is 2.18 bits per heavy atom. The number of carbonyl (C=O) groups excluding carboxylic acids is 2. The number of carbonyl (C=O) groups is 2. The van der Waals surface area contributed by atoms with Gasteiger partial charge in [0.15, 0.2) is 0 Å². The Kier molecular flexibility index (Phi) is 4.44. The molecule has 2 amide bonds. The summed E-state index contributed by atoms with van der Waals surface area (Å²) in [7, 11) is 0. The molecule has 120 valence electrons. The molecule has 7 nitrogen and oxygen atoms in total. The summed E-state index contributed by atoms with van der Waals surface area (Å²) in [6.07, 6.45) is 5.11. The van der Waals surface area contributed by atoms with Gasteiger partial charge in [0.05, 0.1) is 11.8 Å². The molecule has 1 aromatic heterocycles. The predicted molar refractivity (Wildman–Crippen MR) is 79.9 cm³/mol. The molecule has 2 saturated heterocycles. The van der Waals surface area contributed by atoms with Crippen LogP contribution in [0.4, 0.5) is 0 Å². The van der Waals surface area contributed by atoms with Crippen LogP contribution in [0.5, 0.6) is 0 Å². The van der Waals surface area contributed by atoms with Crippen LogP contribution in [-0.4, -0.2) is 48.2 Å². The molecule has 7 heteroatoms. The second-order valence-corrected chi connectivity index (χ2v) is 6.04. The molecule has 0 spiro atoms. The molecule has 0 saturated carbocycles. The summed E-state index contributed by atoms with van der Waals surface area (Å²) in [5.74, 6) is -0.00319. The van der Waals surface area contributed by atoms with Crippen molar-refractivity contribution in [1.82, 2.24) is 20.9 Å². The van der Waals surface area contributed by atoms with Crippen LogP contribution in [0.3, 0.4) is 0 Å². The topological polar surface area (TPSA) is 86.6 Å². The molecule has 3 rings (SSSR count). The van der Waals surface area contributed by atoms with Crippen LogP contribution in [0.1, 0.15) is 36.5 Å². The average Bonchev–Trinajstić information content (AvgIpc) is 3.01.